The fraction of sp³-hybridized carbons (Fsp3) is 0.333. The number of rotatable bonds is 5. The molecule has 0 aliphatic carbocycles. The summed E-state index contributed by atoms with van der Waals surface area (Å²) in [5.41, 5.74) is 1.37. The number of carbonyl (C=O) groups excluding carboxylic acids is 2. The van der Waals surface area contributed by atoms with Gasteiger partial charge in [-0.3, -0.25) is 9.59 Å². The van der Waals surface area contributed by atoms with Gasteiger partial charge >= 0.3 is 0 Å². The summed E-state index contributed by atoms with van der Waals surface area (Å²) in [7, 11) is 0. The topological polar surface area (TPSA) is 46.6 Å². The molecule has 1 aliphatic rings. The van der Waals surface area contributed by atoms with Gasteiger partial charge in [-0.1, -0.05) is 36.4 Å². The van der Waals surface area contributed by atoms with Crippen LogP contribution in [0.15, 0.2) is 59.5 Å². The van der Waals surface area contributed by atoms with Crippen molar-refractivity contribution in [1.29, 1.82) is 0 Å². The van der Waals surface area contributed by atoms with Crippen LogP contribution in [0.5, 0.6) is 0 Å². The van der Waals surface area contributed by atoms with Crippen LogP contribution in [0.1, 0.15) is 34.6 Å². The Kier molecular flexibility index (Phi) is 6.12. The van der Waals surface area contributed by atoms with Crippen molar-refractivity contribution in [3.63, 3.8) is 0 Å². The highest BCUT2D eigenvalue weighted by Crippen LogP contribution is 2.22. The zero-order valence-corrected chi connectivity index (χ0v) is 15.9. The van der Waals surface area contributed by atoms with Crippen LogP contribution in [-0.4, -0.2) is 47.6 Å². The summed E-state index contributed by atoms with van der Waals surface area (Å²) in [4.78, 5) is 27.8. The van der Waals surface area contributed by atoms with Crippen LogP contribution in [0.25, 0.3) is 0 Å². The van der Waals surface area contributed by atoms with Gasteiger partial charge < -0.3 is 9.64 Å². The molecule has 1 saturated heterocycles. The molecule has 136 valence electrons. The highest BCUT2D eigenvalue weighted by Gasteiger charge is 2.26. The molecule has 0 bridgehead atoms. The van der Waals surface area contributed by atoms with E-state index >= 15 is 0 Å². The smallest absolute Gasteiger partial charge is 0.254 e. The predicted octanol–water partition coefficient (Wildman–Crippen LogP) is 3.91. The lowest BCUT2D eigenvalue weighted by molar-refractivity contribution is -0.0586. The molecule has 0 N–H and O–H groups in total. The molecule has 0 aromatic heterocycles. The zero-order valence-electron chi connectivity index (χ0n) is 15.1. The number of morpholine rings is 1. The molecule has 5 heteroatoms. The van der Waals surface area contributed by atoms with Gasteiger partial charge in [0, 0.05) is 29.1 Å². The molecule has 2 unspecified atom stereocenters. The van der Waals surface area contributed by atoms with E-state index in [1.807, 2.05) is 73.3 Å². The first kappa shape index (κ1) is 18.7. The molecule has 1 aliphatic heterocycles. The lowest BCUT2D eigenvalue weighted by Gasteiger charge is -2.35. The van der Waals surface area contributed by atoms with Crippen LogP contribution in [0, 0.1) is 0 Å². The molecule has 0 radical (unpaired) electrons. The van der Waals surface area contributed by atoms with E-state index in [0.29, 0.717) is 30.0 Å². The molecule has 1 heterocycles. The van der Waals surface area contributed by atoms with Crippen LogP contribution in [-0.2, 0) is 4.74 Å². The van der Waals surface area contributed by atoms with Crippen molar-refractivity contribution < 1.29 is 14.3 Å². The standard InChI is InChI=1S/C21H23NO3S/c1-15-12-22(13-16(2)25-15)21(24)18-9-6-10-19(11-18)26-14-20(23)17-7-4-3-5-8-17/h3-11,15-16H,12-14H2,1-2H3. The summed E-state index contributed by atoms with van der Waals surface area (Å²) in [6, 6.07) is 16.8. The average molecular weight is 369 g/mol. The van der Waals surface area contributed by atoms with Crippen LogP contribution in [0.2, 0.25) is 0 Å². The molecule has 0 saturated carbocycles. The van der Waals surface area contributed by atoms with Gasteiger partial charge in [0.1, 0.15) is 0 Å². The van der Waals surface area contributed by atoms with E-state index in [1.54, 1.807) is 0 Å². The molecular weight excluding hydrogens is 346 g/mol. The number of hydrogen-bond donors (Lipinski definition) is 0. The van der Waals surface area contributed by atoms with Crippen molar-refractivity contribution in [2.24, 2.45) is 0 Å². The molecule has 2 aromatic rings. The largest absolute Gasteiger partial charge is 0.372 e. The van der Waals surface area contributed by atoms with Crippen molar-refractivity contribution >= 4 is 23.5 Å². The summed E-state index contributed by atoms with van der Waals surface area (Å²) in [5.74, 6) is 0.458. The van der Waals surface area contributed by atoms with E-state index in [4.69, 9.17) is 4.74 Å². The van der Waals surface area contributed by atoms with Gasteiger partial charge in [-0.2, -0.15) is 0 Å². The summed E-state index contributed by atoms with van der Waals surface area (Å²) in [6.45, 7) is 5.18. The van der Waals surface area contributed by atoms with Crippen LogP contribution >= 0.6 is 11.8 Å². The SMILES string of the molecule is CC1CN(C(=O)c2cccc(SCC(=O)c3ccccc3)c2)CC(C)O1. The van der Waals surface area contributed by atoms with Crippen molar-refractivity contribution in [2.45, 2.75) is 31.0 Å². The normalized spacial score (nSPS) is 20.0. The number of hydrogen-bond acceptors (Lipinski definition) is 4. The third kappa shape index (κ3) is 4.74. The Morgan fingerprint density at radius 3 is 2.35 bits per heavy atom. The summed E-state index contributed by atoms with van der Waals surface area (Å²) in [5, 5.41) is 0. The Balaban J connectivity index is 1.64. The number of Topliss-reactive ketones (excluding diaryl/α,β-unsaturated/α-hetero) is 1. The molecular formula is C21H23NO3S. The number of thioether (sulfide) groups is 1. The lowest BCUT2D eigenvalue weighted by atomic mass is 10.1. The van der Waals surface area contributed by atoms with Gasteiger partial charge in [-0.25, -0.2) is 0 Å². The molecule has 4 nitrogen and oxygen atoms in total. The van der Waals surface area contributed by atoms with E-state index in [2.05, 4.69) is 0 Å². The minimum atomic E-state index is 0.0174. The van der Waals surface area contributed by atoms with Gasteiger partial charge in [-0.15, -0.1) is 11.8 Å². The second kappa shape index (κ2) is 8.52. The lowest BCUT2D eigenvalue weighted by Crippen LogP contribution is -2.48. The summed E-state index contributed by atoms with van der Waals surface area (Å²) >= 11 is 1.46. The quantitative estimate of drug-likeness (QED) is 0.592. The monoisotopic (exact) mass is 369 g/mol. The van der Waals surface area contributed by atoms with Crippen LogP contribution in [0.3, 0.4) is 0 Å². The maximum Gasteiger partial charge on any atom is 0.254 e. The Hall–Kier alpha value is -2.11. The number of amides is 1. The molecule has 26 heavy (non-hydrogen) atoms. The van der Waals surface area contributed by atoms with Crippen molar-refractivity contribution in [1.82, 2.24) is 4.90 Å². The van der Waals surface area contributed by atoms with E-state index in [9.17, 15) is 9.59 Å². The number of nitrogens with zero attached hydrogens (tertiary/aromatic N) is 1. The highest BCUT2D eigenvalue weighted by molar-refractivity contribution is 8.00. The van der Waals surface area contributed by atoms with E-state index < -0.39 is 0 Å². The number of ketones is 1. The minimum Gasteiger partial charge on any atom is -0.372 e. The minimum absolute atomic E-state index is 0.0174. The van der Waals surface area contributed by atoms with Crippen LogP contribution in [0.4, 0.5) is 0 Å². The molecule has 2 atom stereocenters. The number of carbonyl (C=O) groups is 2. The van der Waals surface area contributed by atoms with E-state index in [1.165, 1.54) is 11.8 Å². The second-order valence-electron chi connectivity index (χ2n) is 6.57. The second-order valence-corrected chi connectivity index (χ2v) is 7.62. The van der Waals surface area contributed by atoms with Gasteiger partial charge in [0.2, 0.25) is 0 Å². The van der Waals surface area contributed by atoms with Crippen LogP contribution < -0.4 is 0 Å². The maximum absolute atomic E-state index is 12.8. The molecule has 2 aromatic carbocycles. The van der Waals surface area contributed by atoms with E-state index in [-0.39, 0.29) is 23.9 Å². The molecule has 3 rings (SSSR count). The third-order valence-electron chi connectivity index (χ3n) is 4.25. The molecule has 1 amide bonds. The fourth-order valence-electron chi connectivity index (χ4n) is 3.10. The molecule has 1 fully saturated rings. The van der Waals surface area contributed by atoms with Crippen molar-refractivity contribution in [3.05, 3.63) is 65.7 Å². The van der Waals surface area contributed by atoms with Gasteiger partial charge in [0.15, 0.2) is 5.78 Å². The number of ether oxygens (including phenoxy) is 1. The van der Waals surface area contributed by atoms with Gasteiger partial charge in [-0.05, 0) is 32.0 Å². The molecule has 0 spiro atoms. The predicted molar refractivity (Wildman–Crippen MR) is 104 cm³/mol. The Labute approximate surface area is 158 Å². The summed E-state index contributed by atoms with van der Waals surface area (Å²) < 4.78 is 5.70. The van der Waals surface area contributed by atoms with E-state index in [0.717, 1.165) is 4.90 Å². The van der Waals surface area contributed by atoms with Gasteiger partial charge in [0.25, 0.3) is 5.91 Å². The average Bonchev–Trinajstić information content (AvgIpc) is 2.65. The first-order valence-electron chi connectivity index (χ1n) is 8.79. The van der Waals surface area contributed by atoms with Crippen molar-refractivity contribution in [2.75, 3.05) is 18.8 Å². The van der Waals surface area contributed by atoms with Crippen molar-refractivity contribution in [3.8, 4) is 0 Å². The Bertz CT molecular complexity index is 768. The number of benzene rings is 2. The zero-order chi connectivity index (χ0) is 18.5. The summed E-state index contributed by atoms with van der Waals surface area (Å²) in [6.07, 6.45) is 0.0903. The van der Waals surface area contributed by atoms with Gasteiger partial charge in [0.05, 0.1) is 18.0 Å². The fourth-order valence-corrected chi connectivity index (χ4v) is 3.95. The first-order chi connectivity index (χ1) is 12.5. The Morgan fingerprint density at radius 1 is 1.00 bits per heavy atom. The maximum atomic E-state index is 12.8. The highest BCUT2D eigenvalue weighted by atomic mass is 32.2. The first-order valence-corrected chi connectivity index (χ1v) is 9.77. The third-order valence-corrected chi connectivity index (χ3v) is 5.25. The Morgan fingerprint density at radius 2 is 1.65 bits per heavy atom.